The van der Waals surface area contributed by atoms with Crippen LogP contribution in [0.15, 0.2) is 0 Å². The molecular weight excluding hydrogens is 206 g/mol. The zero-order valence-corrected chi connectivity index (χ0v) is 13.3. The fourth-order valence-electron chi connectivity index (χ4n) is 2.48. The van der Waals surface area contributed by atoms with Crippen molar-refractivity contribution in [1.29, 1.82) is 0 Å². The number of nitrogens with two attached hydrogens (primary N) is 1. The highest BCUT2D eigenvalue weighted by Crippen LogP contribution is 2.31. The molecule has 0 amide bonds. The predicted octanol–water partition coefficient (Wildman–Crippen LogP) is 4.99. The van der Waals surface area contributed by atoms with E-state index in [4.69, 9.17) is 5.73 Å². The van der Waals surface area contributed by atoms with Gasteiger partial charge in [-0.25, -0.2) is 0 Å². The van der Waals surface area contributed by atoms with E-state index in [1.54, 1.807) is 0 Å². The van der Waals surface area contributed by atoms with Crippen LogP contribution in [0.4, 0.5) is 0 Å². The van der Waals surface area contributed by atoms with Crippen molar-refractivity contribution in [2.75, 3.05) is 0 Å². The molecule has 0 heterocycles. The largest absolute Gasteiger partial charge is 0.327 e. The van der Waals surface area contributed by atoms with Gasteiger partial charge in [-0.1, -0.05) is 54.9 Å². The van der Waals surface area contributed by atoms with Crippen LogP contribution in [0.25, 0.3) is 0 Å². The van der Waals surface area contributed by atoms with Crippen molar-refractivity contribution >= 4 is 0 Å². The number of hydrogen-bond donors (Lipinski definition) is 1. The molecule has 104 valence electrons. The van der Waals surface area contributed by atoms with Crippen LogP contribution in [0.3, 0.4) is 0 Å². The van der Waals surface area contributed by atoms with E-state index in [2.05, 4.69) is 48.5 Å². The summed E-state index contributed by atoms with van der Waals surface area (Å²) in [5.41, 5.74) is 7.14. The lowest BCUT2D eigenvalue weighted by Gasteiger charge is -2.30. The van der Waals surface area contributed by atoms with Gasteiger partial charge in [-0.05, 0) is 42.4 Å². The van der Waals surface area contributed by atoms with Crippen LogP contribution < -0.4 is 5.73 Å². The summed E-state index contributed by atoms with van der Waals surface area (Å²) in [6.45, 7) is 16.2. The van der Waals surface area contributed by atoms with E-state index < -0.39 is 0 Å². The minimum atomic E-state index is 0.384. The van der Waals surface area contributed by atoms with Gasteiger partial charge in [0.2, 0.25) is 0 Å². The van der Waals surface area contributed by atoms with Crippen LogP contribution in [0.5, 0.6) is 0 Å². The first-order chi connectivity index (χ1) is 7.55. The minimum absolute atomic E-state index is 0.384. The van der Waals surface area contributed by atoms with Gasteiger partial charge in [0.1, 0.15) is 0 Å². The molecule has 1 nitrogen and oxygen atoms in total. The number of hydrogen-bond acceptors (Lipinski definition) is 1. The molecule has 0 fully saturated rings. The number of rotatable bonds is 6. The second-order valence-corrected chi connectivity index (χ2v) is 8.05. The molecule has 17 heavy (non-hydrogen) atoms. The Kier molecular flexibility index (Phi) is 6.76. The van der Waals surface area contributed by atoms with E-state index in [-0.39, 0.29) is 0 Å². The first-order valence-corrected chi connectivity index (χ1v) is 7.31. The predicted molar refractivity (Wildman–Crippen MR) is 79.1 cm³/mol. The van der Waals surface area contributed by atoms with Crippen LogP contribution in [0, 0.1) is 16.7 Å². The maximum absolute atomic E-state index is 6.27. The molecule has 0 aliphatic carbocycles. The van der Waals surface area contributed by atoms with Crippen molar-refractivity contribution in [3.63, 3.8) is 0 Å². The van der Waals surface area contributed by atoms with E-state index in [1.165, 1.54) is 25.7 Å². The third-order valence-corrected chi connectivity index (χ3v) is 3.45. The Balaban J connectivity index is 4.21. The van der Waals surface area contributed by atoms with Crippen LogP contribution in [-0.2, 0) is 0 Å². The lowest BCUT2D eigenvalue weighted by molar-refractivity contribution is 0.232. The Hall–Kier alpha value is -0.0400. The Morgan fingerprint density at radius 1 is 0.941 bits per heavy atom. The lowest BCUT2D eigenvalue weighted by Crippen LogP contribution is -2.32. The van der Waals surface area contributed by atoms with Gasteiger partial charge in [0, 0.05) is 6.04 Å². The summed E-state index contributed by atoms with van der Waals surface area (Å²) in [6.07, 6.45) is 6.29. The molecule has 2 N–H and O–H groups in total. The highest BCUT2D eigenvalue weighted by molar-refractivity contribution is 4.78. The van der Waals surface area contributed by atoms with Gasteiger partial charge in [0.15, 0.2) is 0 Å². The molecule has 0 saturated heterocycles. The van der Waals surface area contributed by atoms with Crippen molar-refractivity contribution in [3.8, 4) is 0 Å². The maximum Gasteiger partial charge on any atom is 0.00647 e. The second-order valence-electron chi connectivity index (χ2n) is 8.05. The van der Waals surface area contributed by atoms with Gasteiger partial charge >= 0.3 is 0 Å². The highest BCUT2D eigenvalue weighted by Gasteiger charge is 2.23. The third kappa shape index (κ3) is 9.64. The third-order valence-electron chi connectivity index (χ3n) is 3.45. The molecule has 0 aliphatic heterocycles. The van der Waals surface area contributed by atoms with Gasteiger partial charge in [-0.2, -0.15) is 0 Å². The lowest BCUT2D eigenvalue weighted by atomic mass is 9.77. The zero-order valence-electron chi connectivity index (χ0n) is 13.3. The molecule has 0 bridgehead atoms. The zero-order chi connectivity index (χ0) is 13.7. The first kappa shape index (κ1) is 17.0. The second kappa shape index (κ2) is 6.78. The molecule has 0 saturated carbocycles. The monoisotopic (exact) mass is 241 g/mol. The maximum atomic E-state index is 6.27. The van der Waals surface area contributed by atoms with E-state index >= 15 is 0 Å². The Morgan fingerprint density at radius 2 is 1.47 bits per heavy atom. The van der Waals surface area contributed by atoms with E-state index in [1.807, 2.05) is 0 Å². The van der Waals surface area contributed by atoms with Crippen molar-refractivity contribution in [1.82, 2.24) is 0 Å². The summed E-state index contributed by atoms with van der Waals surface area (Å²) in [5, 5.41) is 0. The topological polar surface area (TPSA) is 26.0 Å². The van der Waals surface area contributed by atoms with Crippen LogP contribution >= 0.6 is 0 Å². The van der Waals surface area contributed by atoms with E-state index in [0.29, 0.717) is 22.8 Å². The Morgan fingerprint density at radius 3 is 1.82 bits per heavy atom. The normalized spacial score (nSPS) is 16.9. The van der Waals surface area contributed by atoms with Gasteiger partial charge < -0.3 is 5.73 Å². The molecule has 0 aromatic rings. The van der Waals surface area contributed by atoms with Crippen molar-refractivity contribution in [2.45, 2.75) is 86.6 Å². The standard InChI is InChI=1S/C16H35N/c1-8-14(17)13(12-16(5,6)7)10-9-11-15(2,3)4/h13-14H,8-12,17H2,1-7H3. The van der Waals surface area contributed by atoms with Crippen molar-refractivity contribution < 1.29 is 0 Å². The molecule has 0 rings (SSSR count). The summed E-state index contributed by atoms with van der Waals surface area (Å²) in [5.74, 6) is 0.697. The van der Waals surface area contributed by atoms with Crippen molar-refractivity contribution in [3.05, 3.63) is 0 Å². The van der Waals surface area contributed by atoms with E-state index in [0.717, 1.165) is 6.42 Å². The molecule has 2 unspecified atom stereocenters. The minimum Gasteiger partial charge on any atom is -0.327 e. The fraction of sp³-hybridized carbons (Fsp3) is 1.00. The molecule has 0 aliphatic rings. The summed E-state index contributed by atoms with van der Waals surface area (Å²) in [6, 6.07) is 0.384. The average Bonchev–Trinajstić information content (AvgIpc) is 2.11. The molecule has 0 radical (unpaired) electrons. The molecule has 0 spiro atoms. The van der Waals surface area contributed by atoms with Gasteiger partial charge in [0.05, 0.1) is 0 Å². The van der Waals surface area contributed by atoms with Crippen LogP contribution in [0.2, 0.25) is 0 Å². The van der Waals surface area contributed by atoms with Crippen LogP contribution in [-0.4, -0.2) is 6.04 Å². The van der Waals surface area contributed by atoms with Gasteiger partial charge in [0.25, 0.3) is 0 Å². The highest BCUT2D eigenvalue weighted by atomic mass is 14.6. The van der Waals surface area contributed by atoms with Crippen molar-refractivity contribution in [2.24, 2.45) is 22.5 Å². The summed E-state index contributed by atoms with van der Waals surface area (Å²) in [4.78, 5) is 0. The summed E-state index contributed by atoms with van der Waals surface area (Å²) < 4.78 is 0. The quantitative estimate of drug-likeness (QED) is 0.696. The molecule has 2 atom stereocenters. The van der Waals surface area contributed by atoms with Gasteiger partial charge in [-0.15, -0.1) is 0 Å². The Labute approximate surface area is 110 Å². The molecule has 0 aromatic carbocycles. The van der Waals surface area contributed by atoms with Gasteiger partial charge in [-0.3, -0.25) is 0 Å². The summed E-state index contributed by atoms with van der Waals surface area (Å²) >= 11 is 0. The molecular formula is C16H35N. The average molecular weight is 241 g/mol. The fourth-order valence-corrected chi connectivity index (χ4v) is 2.48. The smallest absolute Gasteiger partial charge is 0.00647 e. The Bertz CT molecular complexity index is 195. The SMILES string of the molecule is CCC(N)C(CCCC(C)(C)C)CC(C)(C)C. The molecule has 1 heteroatoms. The van der Waals surface area contributed by atoms with E-state index in [9.17, 15) is 0 Å². The first-order valence-electron chi connectivity index (χ1n) is 7.31. The van der Waals surface area contributed by atoms with Crippen LogP contribution in [0.1, 0.15) is 80.6 Å². The summed E-state index contributed by atoms with van der Waals surface area (Å²) in [7, 11) is 0. The molecule has 0 aromatic heterocycles.